The van der Waals surface area contributed by atoms with Gasteiger partial charge in [-0.2, -0.15) is 0 Å². The minimum atomic E-state index is -0.476. The van der Waals surface area contributed by atoms with Gasteiger partial charge in [-0.05, 0) is 25.7 Å². The van der Waals surface area contributed by atoms with Crippen molar-refractivity contribution in [1.29, 1.82) is 0 Å². The summed E-state index contributed by atoms with van der Waals surface area (Å²) in [7, 11) is 0. The van der Waals surface area contributed by atoms with Crippen LogP contribution in [-0.4, -0.2) is 30.0 Å². The number of hydrogen-bond donors (Lipinski definition) is 2. The van der Waals surface area contributed by atoms with Crippen LogP contribution in [0.5, 0.6) is 0 Å². The van der Waals surface area contributed by atoms with Crippen LogP contribution in [0.2, 0.25) is 0 Å². The molecule has 88 valence electrons. The molecule has 0 heterocycles. The molecule has 1 amide bonds. The fourth-order valence-electron chi connectivity index (χ4n) is 1.76. The largest absolute Gasteiger partial charge is 0.443 e. The van der Waals surface area contributed by atoms with Gasteiger partial charge in [-0.25, -0.2) is 4.79 Å². The Morgan fingerprint density at radius 3 is 2.87 bits per heavy atom. The number of carbonyl (C=O) groups is 1. The molecular weight excluding hydrogens is 194 g/mol. The third-order valence-electron chi connectivity index (χ3n) is 2.73. The van der Waals surface area contributed by atoms with Crippen molar-refractivity contribution < 1.29 is 14.6 Å². The average Bonchev–Trinajstić information content (AvgIpc) is 2.22. The molecule has 1 aliphatic rings. The molecule has 0 aliphatic heterocycles. The van der Waals surface area contributed by atoms with Gasteiger partial charge >= 0.3 is 6.09 Å². The van der Waals surface area contributed by atoms with Crippen molar-refractivity contribution in [2.45, 2.75) is 57.7 Å². The first-order valence-corrected chi connectivity index (χ1v) is 5.86. The molecule has 0 unspecified atom stereocenters. The van der Waals surface area contributed by atoms with E-state index in [0.717, 1.165) is 38.5 Å². The van der Waals surface area contributed by atoms with Crippen molar-refractivity contribution in [2.24, 2.45) is 0 Å². The molecule has 0 spiro atoms. The summed E-state index contributed by atoms with van der Waals surface area (Å²) in [5, 5.41) is 12.3. The Hall–Kier alpha value is -0.770. The first kappa shape index (κ1) is 12.3. The Morgan fingerprint density at radius 2 is 2.20 bits per heavy atom. The number of unbranched alkanes of at least 4 members (excludes halogenated alkanes) is 1. The molecule has 2 atom stereocenters. The second-order valence-corrected chi connectivity index (χ2v) is 4.08. The number of carbonyl (C=O) groups excluding carboxylic acids is 1. The first-order chi connectivity index (χ1) is 7.24. The lowest BCUT2D eigenvalue weighted by Crippen LogP contribution is -2.38. The topological polar surface area (TPSA) is 58.6 Å². The number of alkyl carbamates (subject to hydrolysis) is 1. The number of nitrogens with one attached hydrogen (secondary N) is 1. The lowest BCUT2D eigenvalue weighted by Gasteiger charge is -2.27. The van der Waals surface area contributed by atoms with E-state index >= 15 is 0 Å². The van der Waals surface area contributed by atoms with Crippen LogP contribution in [0.15, 0.2) is 0 Å². The maximum Gasteiger partial charge on any atom is 0.407 e. The molecule has 4 heteroatoms. The van der Waals surface area contributed by atoms with Gasteiger partial charge in [-0.3, -0.25) is 0 Å². The van der Waals surface area contributed by atoms with Crippen LogP contribution in [0.25, 0.3) is 0 Å². The molecule has 1 rings (SSSR count). The van der Waals surface area contributed by atoms with Crippen LogP contribution in [-0.2, 0) is 4.74 Å². The predicted molar refractivity (Wildman–Crippen MR) is 57.7 cm³/mol. The average molecular weight is 215 g/mol. The fraction of sp³-hybridized carbons (Fsp3) is 0.909. The van der Waals surface area contributed by atoms with Crippen LogP contribution in [0, 0.1) is 0 Å². The van der Waals surface area contributed by atoms with Crippen LogP contribution >= 0.6 is 0 Å². The van der Waals surface area contributed by atoms with Gasteiger partial charge in [0.2, 0.25) is 0 Å². The summed E-state index contributed by atoms with van der Waals surface area (Å²) in [6.07, 6.45) is 4.41. The van der Waals surface area contributed by atoms with Crippen LogP contribution in [0.3, 0.4) is 0 Å². The molecule has 0 aromatic heterocycles. The fourth-order valence-corrected chi connectivity index (χ4v) is 1.76. The van der Waals surface area contributed by atoms with E-state index in [4.69, 9.17) is 4.74 Å². The number of ether oxygens (including phenoxy) is 1. The van der Waals surface area contributed by atoms with Gasteiger partial charge in [0, 0.05) is 6.54 Å². The quantitative estimate of drug-likeness (QED) is 0.703. The lowest BCUT2D eigenvalue weighted by atomic mass is 9.95. The summed E-state index contributed by atoms with van der Waals surface area (Å²) in [4.78, 5) is 11.3. The minimum Gasteiger partial charge on any atom is -0.443 e. The molecule has 4 nitrogen and oxygen atoms in total. The summed E-state index contributed by atoms with van der Waals surface area (Å²) >= 11 is 0. The van der Waals surface area contributed by atoms with Crippen molar-refractivity contribution in [1.82, 2.24) is 5.32 Å². The highest BCUT2D eigenvalue weighted by Crippen LogP contribution is 2.20. The van der Waals surface area contributed by atoms with E-state index in [1.54, 1.807) is 0 Å². The highest BCUT2D eigenvalue weighted by atomic mass is 16.6. The van der Waals surface area contributed by atoms with Crippen molar-refractivity contribution in [3.8, 4) is 0 Å². The molecular formula is C11H21NO3. The third-order valence-corrected chi connectivity index (χ3v) is 2.73. The number of aliphatic hydroxyl groups excluding tert-OH is 1. The molecule has 2 N–H and O–H groups in total. The standard InChI is InChI=1S/C11H21NO3/c1-2-3-8-12-11(14)15-10-7-5-4-6-9(10)13/h9-10,13H,2-8H2,1H3,(H,12,14)/t9-,10-/m0/s1. The molecule has 1 saturated carbocycles. The first-order valence-electron chi connectivity index (χ1n) is 5.86. The highest BCUT2D eigenvalue weighted by Gasteiger charge is 2.26. The number of aliphatic hydroxyl groups is 1. The zero-order valence-electron chi connectivity index (χ0n) is 9.37. The van der Waals surface area contributed by atoms with Crippen molar-refractivity contribution in [2.75, 3.05) is 6.54 Å². The smallest absolute Gasteiger partial charge is 0.407 e. The Balaban J connectivity index is 2.18. The van der Waals surface area contributed by atoms with Gasteiger partial charge < -0.3 is 15.2 Å². The van der Waals surface area contributed by atoms with E-state index in [2.05, 4.69) is 12.2 Å². The Kier molecular flexibility index (Phi) is 5.47. The van der Waals surface area contributed by atoms with Crippen LogP contribution in [0.4, 0.5) is 4.79 Å². The summed E-state index contributed by atoms with van der Waals surface area (Å²) < 4.78 is 5.15. The second-order valence-electron chi connectivity index (χ2n) is 4.08. The number of rotatable bonds is 4. The van der Waals surface area contributed by atoms with E-state index in [-0.39, 0.29) is 6.10 Å². The number of hydrogen-bond acceptors (Lipinski definition) is 3. The summed E-state index contributed by atoms with van der Waals surface area (Å²) in [5.74, 6) is 0. The molecule has 0 radical (unpaired) electrons. The highest BCUT2D eigenvalue weighted by molar-refractivity contribution is 5.67. The molecule has 1 fully saturated rings. The summed E-state index contributed by atoms with van der Waals surface area (Å²) in [6, 6.07) is 0. The summed E-state index contributed by atoms with van der Waals surface area (Å²) in [5.41, 5.74) is 0. The van der Waals surface area contributed by atoms with Crippen LogP contribution < -0.4 is 5.32 Å². The predicted octanol–water partition coefficient (Wildman–Crippen LogP) is 1.82. The van der Waals surface area contributed by atoms with Crippen molar-refractivity contribution in [3.05, 3.63) is 0 Å². The molecule has 15 heavy (non-hydrogen) atoms. The van der Waals surface area contributed by atoms with Gasteiger partial charge in [0.05, 0.1) is 6.10 Å². The molecule has 1 aliphatic carbocycles. The molecule has 0 bridgehead atoms. The molecule has 0 aromatic carbocycles. The Bertz CT molecular complexity index is 196. The zero-order valence-corrected chi connectivity index (χ0v) is 9.37. The zero-order chi connectivity index (χ0) is 11.1. The van der Waals surface area contributed by atoms with Gasteiger partial charge in [0.1, 0.15) is 6.10 Å². The van der Waals surface area contributed by atoms with E-state index in [1.165, 1.54) is 0 Å². The van der Waals surface area contributed by atoms with Gasteiger partial charge in [-0.1, -0.05) is 19.8 Å². The Labute approximate surface area is 91.0 Å². The minimum absolute atomic E-state index is 0.305. The molecule has 0 saturated heterocycles. The second kappa shape index (κ2) is 6.67. The molecule has 0 aromatic rings. The van der Waals surface area contributed by atoms with Crippen molar-refractivity contribution >= 4 is 6.09 Å². The maximum absolute atomic E-state index is 11.3. The van der Waals surface area contributed by atoms with E-state index in [9.17, 15) is 9.90 Å². The lowest BCUT2D eigenvalue weighted by molar-refractivity contribution is -0.0211. The van der Waals surface area contributed by atoms with Crippen LogP contribution in [0.1, 0.15) is 45.4 Å². The van der Waals surface area contributed by atoms with Gasteiger partial charge in [-0.15, -0.1) is 0 Å². The van der Waals surface area contributed by atoms with E-state index in [0.29, 0.717) is 6.54 Å². The summed E-state index contributed by atoms with van der Waals surface area (Å²) in [6.45, 7) is 2.72. The third kappa shape index (κ3) is 4.51. The van der Waals surface area contributed by atoms with E-state index < -0.39 is 12.2 Å². The normalized spacial score (nSPS) is 26.0. The van der Waals surface area contributed by atoms with Gasteiger partial charge in [0.25, 0.3) is 0 Å². The maximum atomic E-state index is 11.3. The van der Waals surface area contributed by atoms with E-state index in [1.807, 2.05) is 0 Å². The van der Waals surface area contributed by atoms with Crippen molar-refractivity contribution in [3.63, 3.8) is 0 Å². The monoisotopic (exact) mass is 215 g/mol. The van der Waals surface area contributed by atoms with Gasteiger partial charge in [0.15, 0.2) is 0 Å². The Morgan fingerprint density at radius 1 is 1.47 bits per heavy atom. The SMILES string of the molecule is CCCCNC(=O)O[C@H]1CCCC[C@@H]1O. The number of amides is 1.